The lowest BCUT2D eigenvalue weighted by Crippen LogP contribution is -2.14. The van der Waals surface area contributed by atoms with Crippen LogP contribution in [0.3, 0.4) is 0 Å². The minimum absolute atomic E-state index is 0.187. The minimum atomic E-state index is -0.187. The van der Waals surface area contributed by atoms with Gasteiger partial charge in [0.2, 0.25) is 0 Å². The maximum Gasteiger partial charge on any atom is 0.257 e. The molecule has 0 spiro atoms. The largest absolute Gasteiger partial charge is 0.322 e. The van der Waals surface area contributed by atoms with Crippen LogP contribution in [-0.2, 0) is 0 Å². The van der Waals surface area contributed by atoms with Crippen LogP contribution in [0.4, 0.5) is 5.69 Å². The molecule has 0 bridgehead atoms. The molecular weight excluding hydrogens is 338 g/mol. The molecule has 0 aliphatic rings. The molecular formula is C21H17N5O. The number of hydrogen-bond acceptors (Lipinski definition) is 4. The Hall–Kier alpha value is -3.80. The molecule has 0 saturated carbocycles. The van der Waals surface area contributed by atoms with Crippen LogP contribution < -0.4 is 5.32 Å². The SMILES string of the molecule is Cc1nc(-c2ccccc2)ccc1C(=O)Nc1ccc(-n2cncn2)cc1. The van der Waals surface area contributed by atoms with E-state index in [1.165, 1.54) is 6.33 Å². The van der Waals surface area contributed by atoms with Crippen LogP contribution in [-0.4, -0.2) is 25.7 Å². The number of pyridine rings is 1. The van der Waals surface area contributed by atoms with Gasteiger partial charge >= 0.3 is 0 Å². The number of aryl methyl sites for hydroxylation is 1. The first-order valence-corrected chi connectivity index (χ1v) is 8.50. The maximum absolute atomic E-state index is 12.6. The zero-order valence-corrected chi connectivity index (χ0v) is 14.7. The summed E-state index contributed by atoms with van der Waals surface area (Å²) in [7, 11) is 0. The van der Waals surface area contributed by atoms with Gasteiger partial charge in [-0.25, -0.2) is 9.67 Å². The van der Waals surface area contributed by atoms with E-state index >= 15 is 0 Å². The first-order chi connectivity index (χ1) is 13.2. The van der Waals surface area contributed by atoms with E-state index in [1.54, 1.807) is 11.0 Å². The molecule has 1 N–H and O–H groups in total. The third-order valence-electron chi connectivity index (χ3n) is 4.21. The lowest BCUT2D eigenvalue weighted by Gasteiger charge is -2.10. The van der Waals surface area contributed by atoms with E-state index < -0.39 is 0 Å². The van der Waals surface area contributed by atoms with Gasteiger partial charge in [-0.15, -0.1) is 0 Å². The number of anilines is 1. The highest BCUT2D eigenvalue weighted by atomic mass is 16.1. The first kappa shape index (κ1) is 16.7. The molecule has 0 aliphatic heterocycles. The molecule has 27 heavy (non-hydrogen) atoms. The second-order valence-corrected chi connectivity index (χ2v) is 6.04. The minimum Gasteiger partial charge on any atom is -0.322 e. The van der Waals surface area contributed by atoms with E-state index in [1.807, 2.05) is 73.7 Å². The Kier molecular flexibility index (Phi) is 4.45. The normalized spacial score (nSPS) is 10.6. The van der Waals surface area contributed by atoms with Crippen LogP contribution in [0.1, 0.15) is 16.1 Å². The van der Waals surface area contributed by atoms with E-state index in [0.717, 1.165) is 16.9 Å². The van der Waals surface area contributed by atoms with Gasteiger partial charge in [0.1, 0.15) is 12.7 Å². The number of carbonyl (C=O) groups excluding carboxylic acids is 1. The van der Waals surface area contributed by atoms with Crippen LogP contribution in [0.2, 0.25) is 0 Å². The molecule has 2 aromatic carbocycles. The number of nitrogens with zero attached hydrogens (tertiary/aromatic N) is 4. The average Bonchev–Trinajstić information content (AvgIpc) is 3.24. The Labute approximate surface area is 156 Å². The van der Waals surface area contributed by atoms with Crippen LogP contribution in [0, 0.1) is 6.92 Å². The van der Waals surface area contributed by atoms with Crippen LogP contribution in [0.15, 0.2) is 79.4 Å². The molecule has 6 nitrogen and oxygen atoms in total. The Morgan fingerprint density at radius 1 is 0.963 bits per heavy atom. The van der Waals surface area contributed by atoms with Crippen molar-refractivity contribution in [3.8, 4) is 16.9 Å². The molecule has 0 radical (unpaired) electrons. The van der Waals surface area contributed by atoms with E-state index in [0.29, 0.717) is 16.9 Å². The van der Waals surface area contributed by atoms with Crippen molar-refractivity contribution in [2.75, 3.05) is 5.32 Å². The predicted molar refractivity (Wildman–Crippen MR) is 104 cm³/mol. The summed E-state index contributed by atoms with van der Waals surface area (Å²) in [4.78, 5) is 21.1. The van der Waals surface area contributed by atoms with Crippen molar-refractivity contribution >= 4 is 11.6 Å². The van der Waals surface area contributed by atoms with Gasteiger partial charge in [0.05, 0.1) is 22.6 Å². The van der Waals surface area contributed by atoms with Gasteiger partial charge in [0.25, 0.3) is 5.91 Å². The van der Waals surface area contributed by atoms with Gasteiger partial charge in [-0.2, -0.15) is 5.10 Å². The third-order valence-corrected chi connectivity index (χ3v) is 4.21. The zero-order valence-electron chi connectivity index (χ0n) is 14.7. The molecule has 0 unspecified atom stereocenters. The van der Waals surface area contributed by atoms with Gasteiger partial charge in [0.15, 0.2) is 0 Å². The quantitative estimate of drug-likeness (QED) is 0.603. The summed E-state index contributed by atoms with van der Waals surface area (Å²) in [5.74, 6) is -0.187. The predicted octanol–water partition coefficient (Wildman–Crippen LogP) is 3.89. The molecule has 4 aromatic rings. The molecule has 2 heterocycles. The number of nitrogens with one attached hydrogen (secondary N) is 1. The van der Waals surface area contributed by atoms with Crippen molar-refractivity contribution in [3.05, 3.63) is 90.6 Å². The third kappa shape index (κ3) is 3.59. The smallest absolute Gasteiger partial charge is 0.257 e. The highest BCUT2D eigenvalue weighted by Crippen LogP contribution is 2.20. The molecule has 6 heteroatoms. The van der Waals surface area contributed by atoms with Crippen molar-refractivity contribution in [2.45, 2.75) is 6.92 Å². The first-order valence-electron chi connectivity index (χ1n) is 8.50. The fourth-order valence-electron chi connectivity index (χ4n) is 2.81. The number of aromatic nitrogens is 4. The topological polar surface area (TPSA) is 72.7 Å². The summed E-state index contributed by atoms with van der Waals surface area (Å²) in [5, 5.41) is 6.99. The van der Waals surface area contributed by atoms with Gasteiger partial charge in [-0.05, 0) is 43.3 Å². The zero-order chi connectivity index (χ0) is 18.6. The number of carbonyl (C=O) groups is 1. The number of benzene rings is 2. The standard InChI is InChI=1S/C21H17N5O/c1-15-19(11-12-20(24-15)16-5-3-2-4-6-16)21(27)25-17-7-9-18(10-8-17)26-14-22-13-23-26/h2-14H,1H3,(H,25,27). The summed E-state index contributed by atoms with van der Waals surface area (Å²) >= 11 is 0. The molecule has 0 fully saturated rings. The van der Waals surface area contributed by atoms with Gasteiger partial charge in [0, 0.05) is 11.3 Å². The van der Waals surface area contributed by atoms with E-state index in [-0.39, 0.29) is 5.91 Å². The van der Waals surface area contributed by atoms with Gasteiger partial charge in [-0.3, -0.25) is 9.78 Å². The van der Waals surface area contributed by atoms with Crippen molar-refractivity contribution in [2.24, 2.45) is 0 Å². The number of rotatable bonds is 4. The fraction of sp³-hybridized carbons (Fsp3) is 0.0476. The molecule has 1 amide bonds. The summed E-state index contributed by atoms with van der Waals surface area (Å²) in [6.45, 7) is 1.84. The lowest BCUT2D eigenvalue weighted by atomic mass is 10.1. The number of amides is 1. The lowest BCUT2D eigenvalue weighted by molar-refractivity contribution is 0.102. The molecule has 0 aliphatic carbocycles. The molecule has 0 atom stereocenters. The second kappa shape index (κ2) is 7.21. The highest BCUT2D eigenvalue weighted by molar-refractivity contribution is 6.05. The summed E-state index contributed by atoms with van der Waals surface area (Å²) < 4.78 is 1.65. The molecule has 4 rings (SSSR count). The van der Waals surface area contributed by atoms with Crippen LogP contribution >= 0.6 is 0 Å². The van der Waals surface area contributed by atoms with Crippen molar-refractivity contribution < 1.29 is 4.79 Å². The number of hydrogen-bond donors (Lipinski definition) is 1. The monoisotopic (exact) mass is 355 g/mol. The molecule has 2 aromatic heterocycles. The Balaban J connectivity index is 1.51. The van der Waals surface area contributed by atoms with E-state index in [4.69, 9.17) is 0 Å². The van der Waals surface area contributed by atoms with E-state index in [9.17, 15) is 4.79 Å². The average molecular weight is 355 g/mol. The van der Waals surface area contributed by atoms with Gasteiger partial charge in [-0.1, -0.05) is 30.3 Å². The van der Waals surface area contributed by atoms with Gasteiger partial charge < -0.3 is 5.32 Å². The Bertz CT molecular complexity index is 1060. The molecule has 0 saturated heterocycles. The molecule has 132 valence electrons. The van der Waals surface area contributed by atoms with Crippen LogP contribution in [0.25, 0.3) is 16.9 Å². The van der Waals surface area contributed by atoms with Crippen molar-refractivity contribution in [1.29, 1.82) is 0 Å². The van der Waals surface area contributed by atoms with E-state index in [2.05, 4.69) is 20.4 Å². The Morgan fingerprint density at radius 3 is 2.41 bits per heavy atom. The second-order valence-electron chi connectivity index (χ2n) is 6.04. The van der Waals surface area contributed by atoms with Crippen molar-refractivity contribution in [3.63, 3.8) is 0 Å². The summed E-state index contributed by atoms with van der Waals surface area (Å²) in [5.41, 5.74) is 4.69. The Morgan fingerprint density at radius 2 is 1.74 bits per heavy atom. The maximum atomic E-state index is 12.6. The van der Waals surface area contributed by atoms with Crippen molar-refractivity contribution in [1.82, 2.24) is 19.7 Å². The highest BCUT2D eigenvalue weighted by Gasteiger charge is 2.12. The fourth-order valence-corrected chi connectivity index (χ4v) is 2.81. The summed E-state index contributed by atoms with van der Waals surface area (Å²) in [6.07, 6.45) is 3.10. The summed E-state index contributed by atoms with van der Waals surface area (Å²) in [6, 6.07) is 21.0. The van der Waals surface area contributed by atoms with Crippen LogP contribution in [0.5, 0.6) is 0 Å².